The van der Waals surface area contributed by atoms with E-state index < -0.39 is 24.2 Å². The summed E-state index contributed by atoms with van der Waals surface area (Å²) in [5.74, 6) is 0. The van der Waals surface area contributed by atoms with Crippen LogP contribution in [0.25, 0.3) is 0 Å². The molecule has 0 radical (unpaired) electrons. The van der Waals surface area contributed by atoms with Gasteiger partial charge in [0.2, 0.25) is 0 Å². The summed E-state index contributed by atoms with van der Waals surface area (Å²) in [7, 11) is 0. The van der Waals surface area contributed by atoms with Crippen molar-refractivity contribution in [2.24, 2.45) is 0 Å². The highest BCUT2D eigenvalue weighted by Gasteiger charge is 2.76. The van der Waals surface area contributed by atoms with Crippen LogP contribution in [0.3, 0.4) is 0 Å². The van der Waals surface area contributed by atoms with Crippen molar-refractivity contribution in [1.29, 1.82) is 0 Å². The number of rotatable bonds is 5. The molecule has 0 bridgehead atoms. The number of unbranched alkanes of at least 4 members (excludes halogenated alkanes) is 2. The molecule has 0 aliphatic heterocycles. The lowest BCUT2D eigenvalue weighted by Gasteiger charge is -2.31. The summed E-state index contributed by atoms with van der Waals surface area (Å²) in [6, 6.07) is 0. The molecular formula is C10H12F8. The lowest BCUT2D eigenvalue weighted by Crippen LogP contribution is -2.59. The number of hydrogen-bond donors (Lipinski definition) is 0. The summed E-state index contributed by atoms with van der Waals surface area (Å²) in [6.07, 6.45) is -14.6. The van der Waals surface area contributed by atoms with Crippen molar-refractivity contribution in [2.75, 3.05) is 0 Å². The largest absolute Gasteiger partial charge is 0.434 e. The summed E-state index contributed by atoms with van der Waals surface area (Å²) in [5.41, 5.74) is -5.87. The van der Waals surface area contributed by atoms with Crippen molar-refractivity contribution in [1.82, 2.24) is 0 Å². The van der Waals surface area contributed by atoms with E-state index in [1.165, 1.54) is 0 Å². The molecule has 0 aromatic heterocycles. The van der Waals surface area contributed by atoms with Crippen molar-refractivity contribution in [3.8, 4) is 0 Å². The van der Waals surface area contributed by atoms with Gasteiger partial charge in [0, 0.05) is 0 Å². The molecule has 0 aliphatic carbocycles. The molecule has 0 saturated carbocycles. The zero-order valence-electron chi connectivity index (χ0n) is 9.38. The SMILES string of the molecule is CCCCC=CC(F)C(F)(C(F)(F)F)C(F)(F)F. The fourth-order valence-corrected chi connectivity index (χ4v) is 1.14. The minimum atomic E-state index is -6.36. The standard InChI is InChI=1S/C10H12F8/c1-2-3-4-5-6-7(11)8(12,9(13,14)15)10(16,17)18/h5-7H,2-4H2,1H3. The Balaban J connectivity index is 5.07. The average Bonchev–Trinajstić information content (AvgIpc) is 2.19. The van der Waals surface area contributed by atoms with E-state index in [1.807, 2.05) is 0 Å². The normalized spacial score (nSPS) is 16.3. The molecule has 8 heteroatoms. The summed E-state index contributed by atoms with van der Waals surface area (Å²) >= 11 is 0. The van der Waals surface area contributed by atoms with E-state index in [4.69, 9.17) is 0 Å². The maximum Gasteiger partial charge on any atom is 0.434 e. The van der Waals surface area contributed by atoms with E-state index in [9.17, 15) is 35.1 Å². The molecule has 0 heterocycles. The highest BCUT2D eigenvalue weighted by atomic mass is 19.4. The van der Waals surface area contributed by atoms with Crippen LogP contribution in [0.5, 0.6) is 0 Å². The first-order valence-corrected chi connectivity index (χ1v) is 5.11. The van der Waals surface area contributed by atoms with Crippen LogP contribution in [-0.2, 0) is 0 Å². The summed E-state index contributed by atoms with van der Waals surface area (Å²) in [4.78, 5) is 0. The Bertz CT molecular complexity index is 261. The smallest absolute Gasteiger partial charge is 0.239 e. The maximum absolute atomic E-state index is 13.0. The molecule has 108 valence electrons. The monoisotopic (exact) mass is 284 g/mol. The van der Waals surface area contributed by atoms with E-state index in [0.29, 0.717) is 12.8 Å². The fourth-order valence-electron chi connectivity index (χ4n) is 1.14. The van der Waals surface area contributed by atoms with Gasteiger partial charge >= 0.3 is 18.0 Å². The molecule has 0 N–H and O–H groups in total. The molecule has 0 aliphatic rings. The van der Waals surface area contributed by atoms with E-state index >= 15 is 0 Å². The van der Waals surface area contributed by atoms with Gasteiger partial charge in [-0.25, -0.2) is 8.78 Å². The average molecular weight is 284 g/mol. The van der Waals surface area contributed by atoms with Crippen LogP contribution >= 0.6 is 0 Å². The summed E-state index contributed by atoms with van der Waals surface area (Å²) in [6.45, 7) is 1.73. The Morgan fingerprint density at radius 1 is 0.944 bits per heavy atom. The van der Waals surface area contributed by atoms with Gasteiger partial charge in [-0.1, -0.05) is 31.9 Å². The van der Waals surface area contributed by atoms with E-state index in [-0.39, 0.29) is 12.5 Å². The van der Waals surface area contributed by atoms with Crippen LogP contribution in [0, 0.1) is 0 Å². The van der Waals surface area contributed by atoms with E-state index in [0.717, 1.165) is 6.08 Å². The van der Waals surface area contributed by atoms with Gasteiger partial charge < -0.3 is 0 Å². The van der Waals surface area contributed by atoms with Gasteiger partial charge in [0.05, 0.1) is 0 Å². The van der Waals surface area contributed by atoms with E-state index in [1.54, 1.807) is 6.92 Å². The molecule has 0 rings (SSSR count). The maximum atomic E-state index is 13.0. The van der Waals surface area contributed by atoms with Crippen LogP contribution in [0.2, 0.25) is 0 Å². The van der Waals surface area contributed by atoms with Gasteiger partial charge in [-0.05, 0) is 6.42 Å². The second-order valence-corrected chi connectivity index (χ2v) is 3.68. The molecule has 0 nitrogen and oxygen atoms in total. The number of hydrogen-bond acceptors (Lipinski definition) is 0. The van der Waals surface area contributed by atoms with Gasteiger partial charge in [-0.3, -0.25) is 0 Å². The molecule has 1 unspecified atom stereocenters. The fraction of sp³-hybridized carbons (Fsp3) is 0.800. The van der Waals surface area contributed by atoms with Gasteiger partial charge in [-0.2, -0.15) is 26.3 Å². The Morgan fingerprint density at radius 3 is 1.72 bits per heavy atom. The zero-order chi connectivity index (χ0) is 14.6. The Kier molecular flexibility index (Phi) is 5.61. The van der Waals surface area contributed by atoms with Gasteiger partial charge in [-0.15, -0.1) is 0 Å². The second-order valence-electron chi connectivity index (χ2n) is 3.68. The van der Waals surface area contributed by atoms with Crippen LogP contribution in [-0.4, -0.2) is 24.2 Å². The van der Waals surface area contributed by atoms with E-state index in [2.05, 4.69) is 0 Å². The predicted molar refractivity (Wildman–Crippen MR) is 49.5 cm³/mol. The third-order valence-corrected chi connectivity index (χ3v) is 2.23. The quantitative estimate of drug-likeness (QED) is 0.382. The minimum absolute atomic E-state index is 0.0311. The zero-order valence-corrected chi connectivity index (χ0v) is 9.38. The molecule has 1 atom stereocenters. The number of allylic oxidation sites excluding steroid dienone is 2. The second kappa shape index (κ2) is 5.88. The highest BCUT2D eigenvalue weighted by Crippen LogP contribution is 2.49. The van der Waals surface area contributed by atoms with Crippen molar-refractivity contribution in [3.05, 3.63) is 12.2 Å². The molecular weight excluding hydrogens is 272 g/mol. The molecule has 0 saturated heterocycles. The Labute approximate surface area is 98.7 Å². The first kappa shape index (κ1) is 17.2. The predicted octanol–water partition coefficient (Wildman–Crippen LogP) is 4.90. The molecule has 0 aromatic rings. The van der Waals surface area contributed by atoms with Crippen molar-refractivity contribution in [3.63, 3.8) is 0 Å². The molecule has 0 amide bonds. The number of alkyl halides is 8. The van der Waals surface area contributed by atoms with Gasteiger partial charge in [0.1, 0.15) is 0 Å². The number of halogens is 8. The first-order valence-electron chi connectivity index (χ1n) is 5.11. The van der Waals surface area contributed by atoms with Crippen LogP contribution in [0.15, 0.2) is 12.2 Å². The minimum Gasteiger partial charge on any atom is -0.239 e. The first-order chi connectivity index (χ1) is 7.98. The third kappa shape index (κ3) is 3.58. The van der Waals surface area contributed by atoms with Crippen molar-refractivity contribution in [2.45, 2.75) is 50.4 Å². The Hall–Kier alpha value is -0.820. The van der Waals surface area contributed by atoms with Crippen LogP contribution < -0.4 is 0 Å². The van der Waals surface area contributed by atoms with Crippen molar-refractivity contribution < 1.29 is 35.1 Å². The lowest BCUT2D eigenvalue weighted by molar-refractivity contribution is -0.353. The molecule has 0 fully saturated rings. The molecule has 0 spiro atoms. The summed E-state index contributed by atoms with van der Waals surface area (Å²) in [5, 5.41) is 0. The Morgan fingerprint density at radius 2 is 1.39 bits per heavy atom. The third-order valence-electron chi connectivity index (χ3n) is 2.23. The van der Waals surface area contributed by atoms with Crippen LogP contribution in [0.1, 0.15) is 26.2 Å². The van der Waals surface area contributed by atoms with Crippen LogP contribution in [0.4, 0.5) is 35.1 Å². The summed E-state index contributed by atoms with van der Waals surface area (Å²) < 4.78 is 98.3. The lowest BCUT2D eigenvalue weighted by atomic mass is 9.97. The van der Waals surface area contributed by atoms with Gasteiger partial charge in [0.25, 0.3) is 0 Å². The van der Waals surface area contributed by atoms with Crippen molar-refractivity contribution >= 4 is 0 Å². The molecule has 18 heavy (non-hydrogen) atoms. The topological polar surface area (TPSA) is 0 Å². The highest BCUT2D eigenvalue weighted by molar-refractivity contribution is 5.09. The van der Waals surface area contributed by atoms with Gasteiger partial charge in [0.15, 0.2) is 6.17 Å². The molecule has 0 aromatic carbocycles.